The van der Waals surface area contributed by atoms with Crippen LogP contribution in [-0.2, 0) is 13.1 Å². The number of nitrogens with zero attached hydrogens (tertiary/aromatic N) is 3. The molecule has 0 aliphatic heterocycles. The second kappa shape index (κ2) is 7.45. The number of hydrogen-bond donors (Lipinski definition) is 1. The zero-order valence-electron chi connectivity index (χ0n) is 14.2. The molecule has 0 amide bonds. The molecule has 2 aromatic carbocycles. The Morgan fingerprint density at radius 1 is 0.923 bits per heavy atom. The number of nitrogens with one attached hydrogen (secondary N) is 1. The van der Waals surface area contributed by atoms with Gasteiger partial charge in [-0.25, -0.2) is 9.37 Å². The Labute approximate surface area is 151 Å². The first kappa shape index (κ1) is 16.4. The molecule has 0 bridgehead atoms. The van der Waals surface area contributed by atoms with Crippen molar-refractivity contribution >= 4 is 11.0 Å². The van der Waals surface area contributed by atoms with E-state index in [1.54, 1.807) is 6.20 Å². The number of hydrogen-bond acceptors (Lipinski definition) is 3. The molecule has 4 nitrogen and oxygen atoms in total. The molecule has 0 saturated heterocycles. The summed E-state index contributed by atoms with van der Waals surface area (Å²) in [5.74, 6) is -0.231. The van der Waals surface area contributed by atoms with Crippen molar-refractivity contribution < 1.29 is 4.39 Å². The average Bonchev–Trinajstić information content (AvgIpc) is 3.10. The topological polar surface area (TPSA) is 42.7 Å². The van der Waals surface area contributed by atoms with Gasteiger partial charge in [0.15, 0.2) is 0 Å². The van der Waals surface area contributed by atoms with Crippen LogP contribution in [0.1, 0.15) is 17.3 Å². The van der Waals surface area contributed by atoms with Crippen molar-refractivity contribution in [2.45, 2.75) is 19.1 Å². The number of halogens is 1. The van der Waals surface area contributed by atoms with Crippen molar-refractivity contribution in [1.82, 2.24) is 19.9 Å². The summed E-state index contributed by atoms with van der Waals surface area (Å²) in [5.41, 5.74) is 4.05. The molecular weight excluding hydrogens is 327 g/mol. The van der Waals surface area contributed by atoms with Crippen LogP contribution >= 0.6 is 0 Å². The fourth-order valence-electron chi connectivity index (χ4n) is 3.07. The van der Waals surface area contributed by atoms with E-state index in [4.69, 9.17) is 0 Å². The lowest BCUT2D eigenvalue weighted by molar-refractivity contribution is 0.464. The summed E-state index contributed by atoms with van der Waals surface area (Å²) < 4.78 is 15.5. The van der Waals surface area contributed by atoms with E-state index in [-0.39, 0.29) is 11.9 Å². The maximum Gasteiger partial charge on any atom is 0.123 e. The molecule has 0 aliphatic rings. The van der Waals surface area contributed by atoms with Crippen molar-refractivity contribution in [3.63, 3.8) is 0 Å². The molecule has 5 heteroatoms. The number of para-hydroxylation sites is 2. The third-order valence-corrected chi connectivity index (χ3v) is 4.43. The van der Waals surface area contributed by atoms with Gasteiger partial charge in [-0.05, 0) is 42.0 Å². The summed E-state index contributed by atoms with van der Waals surface area (Å²) in [6.07, 6.45) is 3.64. The number of aromatic nitrogens is 3. The van der Waals surface area contributed by atoms with E-state index in [9.17, 15) is 4.39 Å². The Balaban J connectivity index is 1.60. The fraction of sp³-hybridized carbons (Fsp3) is 0.143. The first-order chi connectivity index (χ1) is 12.8. The largest absolute Gasteiger partial charge is 0.329 e. The standard InChI is InChI=1S/C21H19FN4/c22-17-10-8-16(9-11-17)20(24-13-18-5-3-4-12-23-18)14-26-15-25-19-6-1-2-7-21(19)26/h1-12,15,20,24H,13-14H2/t20-/m0/s1. The lowest BCUT2D eigenvalue weighted by atomic mass is 10.1. The van der Waals surface area contributed by atoms with Crippen molar-refractivity contribution in [3.05, 3.63) is 96.3 Å². The van der Waals surface area contributed by atoms with Gasteiger partial charge in [-0.3, -0.25) is 4.98 Å². The first-order valence-electron chi connectivity index (χ1n) is 8.58. The van der Waals surface area contributed by atoms with Crippen molar-refractivity contribution in [1.29, 1.82) is 0 Å². The number of imidazole rings is 1. The average molecular weight is 346 g/mol. The molecule has 1 N–H and O–H groups in total. The van der Waals surface area contributed by atoms with Crippen molar-refractivity contribution in [2.24, 2.45) is 0 Å². The Morgan fingerprint density at radius 3 is 2.54 bits per heavy atom. The highest BCUT2D eigenvalue weighted by molar-refractivity contribution is 5.74. The molecule has 2 heterocycles. The predicted octanol–water partition coefficient (Wildman–Crippen LogP) is 4.10. The highest BCUT2D eigenvalue weighted by Gasteiger charge is 2.14. The van der Waals surface area contributed by atoms with Crippen LogP contribution in [0.4, 0.5) is 4.39 Å². The van der Waals surface area contributed by atoms with E-state index < -0.39 is 0 Å². The van der Waals surface area contributed by atoms with Crippen LogP contribution in [0, 0.1) is 5.82 Å². The Kier molecular flexibility index (Phi) is 4.71. The second-order valence-corrected chi connectivity index (χ2v) is 6.19. The predicted molar refractivity (Wildman–Crippen MR) is 100.0 cm³/mol. The maximum atomic E-state index is 13.3. The van der Waals surface area contributed by atoms with Gasteiger partial charge in [-0.2, -0.15) is 0 Å². The van der Waals surface area contributed by atoms with E-state index >= 15 is 0 Å². The van der Waals surface area contributed by atoms with Gasteiger partial charge >= 0.3 is 0 Å². The van der Waals surface area contributed by atoms with Crippen LogP contribution in [0.25, 0.3) is 11.0 Å². The van der Waals surface area contributed by atoms with Gasteiger partial charge in [0.1, 0.15) is 5.82 Å². The Morgan fingerprint density at radius 2 is 1.73 bits per heavy atom. The van der Waals surface area contributed by atoms with Crippen LogP contribution in [0.15, 0.2) is 79.3 Å². The molecule has 130 valence electrons. The second-order valence-electron chi connectivity index (χ2n) is 6.19. The molecule has 0 aliphatic carbocycles. The van der Waals surface area contributed by atoms with Gasteiger partial charge in [0.05, 0.1) is 29.1 Å². The summed E-state index contributed by atoms with van der Waals surface area (Å²) in [6, 6.07) is 20.6. The molecule has 0 unspecified atom stereocenters. The molecule has 4 aromatic rings. The third-order valence-electron chi connectivity index (χ3n) is 4.43. The monoisotopic (exact) mass is 346 g/mol. The van der Waals surface area contributed by atoms with Gasteiger partial charge in [-0.15, -0.1) is 0 Å². The van der Waals surface area contributed by atoms with Crippen LogP contribution in [-0.4, -0.2) is 14.5 Å². The molecule has 1 atom stereocenters. The van der Waals surface area contributed by atoms with Crippen LogP contribution in [0.3, 0.4) is 0 Å². The van der Waals surface area contributed by atoms with Crippen molar-refractivity contribution in [3.8, 4) is 0 Å². The molecule has 2 aromatic heterocycles. The van der Waals surface area contributed by atoms with E-state index in [2.05, 4.69) is 25.9 Å². The van der Waals surface area contributed by atoms with E-state index in [0.29, 0.717) is 13.1 Å². The van der Waals surface area contributed by atoms with E-state index in [1.165, 1.54) is 12.1 Å². The minimum atomic E-state index is -0.231. The summed E-state index contributed by atoms with van der Waals surface area (Å²) in [7, 11) is 0. The first-order valence-corrected chi connectivity index (χ1v) is 8.58. The minimum Gasteiger partial charge on any atom is -0.329 e. The lowest BCUT2D eigenvalue weighted by Crippen LogP contribution is -2.25. The van der Waals surface area contributed by atoms with Gasteiger partial charge < -0.3 is 9.88 Å². The number of fused-ring (bicyclic) bond motifs is 1. The molecule has 0 saturated carbocycles. The maximum absolute atomic E-state index is 13.3. The summed E-state index contributed by atoms with van der Waals surface area (Å²) in [5, 5.41) is 3.54. The SMILES string of the molecule is Fc1ccc([C@H](Cn2cnc3ccccc32)NCc2ccccn2)cc1. The molecule has 4 rings (SSSR count). The summed E-state index contributed by atoms with van der Waals surface area (Å²) in [4.78, 5) is 8.82. The number of benzene rings is 2. The Hall–Kier alpha value is -3.05. The third kappa shape index (κ3) is 3.63. The minimum absolute atomic E-state index is 0.00946. The van der Waals surface area contributed by atoms with Crippen molar-refractivity contribution in [2.75, 3.05) is 0 Å². The van der Waals surface area contributed by atoms with Crippen LogP contribution < -0.4 is 5.32 Å². The Bertz CT molecular complexity index is 980. The summed E-state index contributed by atoms with van der Waals surface area (Å²) in [6.45, 7) is 1.33. The molecule has 26 heavy (non-hydrogen) atoms. The normalized spacial score (nSPS) is 12.3. The van der Waals surface area contributed by atoms with Crippen LogP contribution in [0.5, 0.6) is 0 Å². The van der Waals surface area contributed by atoms with Gasteiger partial charge in [0.25, 0.3) is 0 Å². The van der Waals surface area contributed by atoms with E-state index in [1.807, 2.05) is 54.9 Å². The van der Waals surface area contributed by atoms with Gasteiger partial charge in [0, 0.05) is 19.3 Å². The lowest BCUT2D eigenvalue weighted by Gasteiger charge is -2.20. The molecule has 0 fully saturated rings. The zero-order chi connectivity index (χ0) is 17.8. The van der Waals surface area contributed by atoms with E-state index in [0.717, 1.165) is 22.3 Å². The quantitative estimate of drug-likeness (QED) is 0.571. The summed E-state index contributed by atoms with van der Waals surface area (Å²) >= 11 is 0. The number of pyridine rings is 1. The van der Waals surface area contributed by atoms with Gasteiger partial charge in [-0.1, -0.05) is 30.3 Å². The number of rotatable bonds is 6. The fourth-order valence-corrected chi connectivity index (χ4v) is 3.07. The molecular formula is C21H19FN4. The highest BCUT2D eigenvalue weighted by atomic mass is 19.1. The zero-order valence-corrected chi connectivity index (χ0v) is 14.2. The molecule has 0 spiro atoms. The highest BCUT2D eigenvalue weighted by Crippen LogP contribution is 2.20. The molecule has 0 radical (unpaired) electrons. The smallest absolute Gasteiger partial charge is 0.123 e. The van der Waals surface area contributed by atoms with Crippen LogP contribution in [0.2, 0.25) is 0 Å². The van der Waals surface area contributed by atoms with Gasteiger partial charge in [0.2, 0.25) is 0 Å².